The van der Waals surface area contributed by atoms with Crippen LogP contribution in [-0.4, -0.2) is 56.0 Å². The first-order valence-electron chi connectivity index (χ1n) is 8.14. The number of nitrogens with zero attached hydrogens (tertiary/aromatic N) is 2. The van der Waals surface area contributed by atoms with E-state index in [9.17, 15) is 19.2 Å². The van der Waals surface area contributed by atoms with Gasteiger partial charge >= 0.3 is 6.03 Å². The lowest BCUT2D eigenvalue weighted by Gasteiger charge is -2.24. The molecule has 148 valence electrons. The van der Waals surface area contributed by atoms with Crippen LogP contribution in [0.4, 0.5) is 4.79 Å². The van der Waals surface area contributed by atoms with Crippen LogP contribution in [0.3, 0.4) is 0 Å². The average Bonchev–Trinajstić information content (AvgIpc) is 2.58. The molecule has 0 heterocycles. The van der Waals surface area contributed by atoms with Crippen molar-refractivity contribution < 1.29 is 19.2 Å². The van der Waals surface area contributed by atoms with Gasteiger partial charge in [-0.05, 0) is 18.8 Å². The molecular formula is C14H28N8O4. The number of urea groups is 1. The zero-order valence-electron chi connectivity index (χ0n) is 15.2. The third-order valence-corrected chi connectivity index (χ3v) is 3.41. The van der Waals surface area contributed by atoms with Gasteiger partial charge < -0.3 is 32.8 Å². The highest BCUT2D eigenvalue weighted by molar-refractivity contribution is 5.92. The minimum atomic E-state index is -0.855. The number of hydrogen-bond donors (Lipinski definition) is 6. The summed E-state index contributed by atoms with van der Waals surface area (Å²) >= 11 is 0. The first kappa shape index (κ1) is 23.1. The lowest BCUT2D eigenvalue weighted by molar-refractivity contribution is -0.132. The molecule has 26 heavy (non-hydrogen) atoms. The van der Waals surface area contributed by atoms with Crippen molar-refractivity contribution >= 4 is 23.8 Å². The molecule has 12 nitrogen and oxygen atoms in total. The number of nitrogens with one attached hydrogen (secondary N) is 4. The molecule has 0 saturated carbocycles. The molecule has 8 N–H and O–H groups in total. The number of carbonyl (C=O) groups is 4. The molecule has 0 unspecified atom stereocenters. The van der Waals surface area contributed by atoms with Crippen LogP contribution >= 0.6 is 0 Å². The normalized spacial score (nSPS) is 13.1. The lowest BCUT2D eigenvalue weighted by Crippen LogP contribution is -2.55. The van der Waals surface area contributed by atoms with Crippen molar-refractivity contribution in [3.8, 4) is 0 Å². The van der Waals surface area contributed by atoms with Crippen LogP contribution in [-0.2, 0) is 14.4 Å². The number of hydrogen-bond acceptors (Lipinski definition) is 6. The molecule has 0 saturated heterocycles. The smallest absolute Gasteiger partial charge is 0.312 e. The van der Waals surface area contributed by atoms with Crippen LogP contribution in [0.1, 0.15) is 26.7 Å². The summed E-state index contributed by atoms with van der Waals surface area (Å²) in [6.45, 7) is 3.47. The van der Waals surface area contributed by atoms with Gasteiger partial charge in [0.2, 0.25) is 17.7 Å². The van der Waals surface area contributed by atoms with Crippen molar-refractivity contribution in [1.29, 1.82) is 0 Å². The Balaban J connectivity index is 4.85. The standard InChI is InChI=1S/C14H28N8O4/c1-8(2)11(21-10(23)7-19-22-16)13(25)20-9(12(24)17-3)5-4-6-18-14(15)26/h8-9,11H,4-7H2,1-3H3,(H2,16,19)(H,17,24)(H,20,25)(H,21,23)(H3,15,18,26)/t9-,11-/m0/s1. The molecule has 0 aliphatic rings. The van der Waals surface area contributed by atoms with Gasteiger partial charge in [-0.15, -0.1) is 0 Å². The van der Waals surface area contributed by atoms with Crippen molar-refractivity contribution in [2.75, 3.05) is 20.1 Å². The zero-order valence-corrected chi connectivity index (χ0v) is 15.2. The van der Waals surface area contributed by atoms with Crippen LogP contribution in [0.15, 0.2) is 10.3 Å². The minimum absolute atomic E-state index is 0.226. The van der Waals surface area contributed by atoms with E-state index in [0.29, 0.717) is 6.42 Å². The van der Waals surface area contributed by atoms with E-state index in [-0.39, 0.29) is 31.3 Å². The van der Waals surface area contributed by atoms with Gasteiger partial charge in [-0.2, -0.15) is 5.11 Å². The van der Waals surface area contributed by atoms with Crippen molar-refractivity contribution in [3.63, 3.8) is 0 Å². The third kappa shape index (κ3) is 9.39. The Morgan fingerprint density at radius 1 is 1.08 bits per heavy atom. The van der Waals surface area contributed by atoms with Gasteiger partial charge in [-0.25, -0.2) is 4.79 Å². The Labute approximate surface area is 151 Å². The van der Waals surface area contributed by atoms with Crippen LogP contribution in [0, 0.1) is 5.92 Å². The van der Waals surface area contributed by atoms with E-state index in [1.54, 1.807) is 13.8 Å². The second-order valence-corrected chi connectivity index (χ2v) is 5.81. The molecule has 0 aromatic rings. The van der Waals surface area contributed by atoms with E-state index in [1.165, 1.54) is 7.05 Å². The number of nitrogens with two attached hydrogens (primary N) is 2. The van der Waals surface area contributed by atoms with Crippen molar-refractivity contribution in [1.82, 2.24) is 21.3 Å². The number of primary amides is 1. The summed E-state index contributed by atoms with van der Waals surface area (Å²) in [5.41, 5.74) is 4.97. The van der Waals surface area contributed by atoms with Crippen molar-refractivity contribution in [2.45, 2.75) is 38.8 Å². The average molecular weight is 372 g/mol. The maximum absolute atomic E-state index is 12.5. The molecule has 0 aromatic carbocycles. The topological polar surface area (TPSA) is 193 Å². The lowest BCUT2D eigenvalue weighted by atomic mass is 10.0. The zero-order chi connectivity index (χ0) is 20.1. The molecular weight excluding hydrogens is 344 g/mol. The van der Waals surface area contributed by atoms with Crippen LogP contribution in [0.2, 0.25) is 0 Å². The summed E-state index contributed by atoms with van der Waals surface area (Å²) in [5.74, 6) is 3.20. The third-order valence-electron chi connectivity index (χ3n) is 3.41. The number of amides is 5. The number of carbonyl (C=O) groups excluding carboxylic acids is 4. The first-order valence-corrected chi connectivity index (χ1v) is 8.14. The second-order valence-electron chi connectivity index (χ2n) is 5.81. The predicted molar refractivity (Wildman–Crippen MR) is 93.5 cm³/mol. The molecule has 0 aromatic heterocycles. The summed E-state index contributed by atoms with van der Waals surface area (Å²) in [4.78, 5) is 46.9. The summed E-state index contributed by atoms with van der Waals surface area (Å²) in [5, 5.41) is 16.4. The van der Waals surface area contributed by atoms with Gasteiger partial charge in [0.05, 0.1) is 0 Å². The van der Waals surface area contributed by atoms with Crippen LogP contribution in [0.5, 0.6) is 0 Å². The fourth-order valence-corrected chi connectivity index (χ4v) is 2.08. The Kier molecular flexibility index (Phi) is 11.0. The Hall–Kier alpha value is -2.92. The SMILES string of the molecule is CNC(=O)[C@H](CCCNC(N)=O)NC(=O)[C@@H](NC(=O)CN=NN)C(C)C. The van der Waals surface area contributed by atoms with Gasteiger partial charge in [0, 0.05) is 13.6 Å². The van der Waals surface area contributed by atoms with Gasteiger partial charge in [0.25, 0.3) is 0 Å². The van der Waals surface area contributed by atoms with E-state index in [2.05, 4.69) is 31.6 Å². The molecule has 0 radical (unpaired) electrons. The Morgan fingerprint density at radius 2 is 1.73 bits per heavy atom. The monoisotopic (exact) mass is 372 g/mol. The van der Waals surface area contributed by atoms with Gasteiger partial charge in [-0.1, -0.05) is 19.1 Å². The van der Waals surface area contributed by atoms with E-state index in [4.69, 9.17) is 11.6 Å². The molecule has 0 bridgehead atoms. The van der Waals surface area contributed by atoms with Gasteiger partial charge in [0.1, 0.15) is 18.6 Å². The Morgan fingerprint density at radius 3 is 2.23 bits per heavy atom. The summed E-state index contributed by atoms with van der Waals surface area (Å²) in [6.07, 6.45) is 0.711. The van der Waals surface area contributed by atoms with E-state index in [1.807, 2.05) is 0 Å². The minimum Gasteiger partial charge on any atom is -0.357 e. The molecule has 0 aliphatic heterocycles. The van der Waals surface area contributed by atoms with Crippen molar-refractivity contribution in [2.24, 2.45) is 27.8 Å². The molecule has 2 atom stereocenters. The molecule has 0 rings (SSSR count). The first-order chi connectivity index (χ1) is 12.2. The second kappa shape index (κ2) is 12.4. The fourth-order valence-electron chi connectivity index (χ4n) is 2.08. The molecule has 12 heteroatoms. The highest BCUT2D eigenvalue weighted by atomic mass is 16.2. The van der Waals surface area contributed by atoms with Crippen molar-refractivity contribution in [3.05, 3.63) is 0 Å². The quantitative estimate of drug-likeness (QED) is 0.107. The van der Waals surface area contributed by atoms with Crippen LogP contribution < -0.4 is 32.8 Å². The molecule has 5 amide bonds. The molecule has 0 aliphatic carbocycles. The highest BCUT2D eigenvalue weighted by Gasteiger charge is 2.28. The Bertz CT molecular complexity index is 523. The predicted octanol–water partition coefficient (Wildman–Crippen LogP) is -1.87. The highest BCUT2D eigenvalue weighted by Crippen LogP contribution is 2.05. The maximum Gasteiger partial charge on any atom is 0.312 e. The maximum atomic E-state index is 12.5. The summed E-state index contributed by atoms with van der Waals surface area (Å²) in [7, 11) is 1.45. The van der Waals surface area contributed by atoms with E-state index in [0.717, 1.165) is 0 Å². The number of likely N-dealkylation sites (N-methyl/N-ethyl adjacent to an activating group) is 1. The van der Waals surface area contributed by atoms with Crippen LogP contribution in [0.25, 0.3) is 0 Å². The molecule has 0 fully saturated rings. The van der Waals surface area contributed by atoms with E-state index >= 15 is 0 Å². The summed E-state index contributed by atoms with van der Waals surface area (Å²) < 4.78 is 0. The molecule has 0 spiro atoms. The van der Waals surface area contributed by atoms with Gasteiger partial charge in [0.15, 0.2) is 0 Å². The van der Waals surface area contributed by atoms with Gasteiger partial charge in [-0.3, -0.25) is 14.4 Å². The largest absolute Gasteiger partial charge is 0.357 e. The summed E-state index contributed by atoms with van der Waals surface area (Å²) in [6, 6.07) is -2.34. The number of rotatable bonds is 11. The van der Waals surface area contributed by atoms with E-state index < -0.39 is 29.9 Å². The fraction of sp³-hybridized carbons (Fsp3) is 0.714.